The van der Waals surface area contributed by atoms with Crippen molar-refractivity contribution in [2.24, 2.45) is 5.41 Å². The molecule has 10 nitrogen and oxygen atoms in total. The highest BCUT2D eigenvalue weighted by Crippen LogP contribution is 2.33. The molecule has 1 aromatic heterocycles. The first kappa shape index (κ1) is 28.5. The molecule has 2 fully saturated rings. The van der Waals surface area contributed by atoms with Crippen molar-refractivity contribution in [3.05, 3.63) is 66.5 Å². The number of hydrogen-bond acceptors (Lipinski definition) is 8. The molecule has 216 valence electrons. The first-order valence-electron chi connectivity index (χ1n) is 14.2. The van der Waals surface area contributed by atoms with Crippen molar-refractivity contribution in [1.29, 1.82) is 0 Å². The molecule has 2 aliphatic rings. The second-order valence-electron chi connectivity index (χ2n) is 11.3. The third kappa shape index (κ3) is 6.34. The van der Waals surface area contributed by atoms with Crippen LogP contribution in [0.3, 0.4) is 0 Å². The van der Waals surface area contributed by atoms with Crippen molar-refractivity contribution in [2.75, 3.05) is 62.6 Å². The fourth-order valence-electron chi connectivity index (χ4n) is 5.61. The topological polar surface area (TPSA) is 122 Å². The average molecular weight is 559 g/mol. The van der Waals surface area contributed by atoms with Crippen LogP contribution < -0.4 is 10.2 Å². The van der Waals surface area contributed by atoms with Crippen molar-refractivity contribution in [3.63, 3.8) is 0 Å². The van der Waals surface area contributed by atoms with Crippen LogP contribution >= 0.6 is 0 Å². The van der Waals surface area contributed by atoms with Crippen molar-refractivity contribution < 1.29 is 19.8 Å². The number of piperazine rings is 1. The predicted molar refractivity (Wildman–Crippen MR) is 158 cm³/mol. The molecule has 0 spiro atoms. The smallest absolute Gasteiger partial charge is 0.236 e. The number of aromatic nitrogens is 2. The summed E-state index contributed by atoms with van der Waals surface area (Å²) in [7, 11) is 0. The summed E-state index contributed by atoms with van der Waals surface area (Å²) in [5.41, 5.74) is 2.42. The fraction of sp³-hybridized carbons (Fsp3) is 0.419. The minimum Gasteiger partial charge on any atom is -0.508 e. The summed E-state index contributed by atoms with van der Waals surface area (Å²) >= 11 is 0. The molecule has 1 unspecified atom stereocenters. The zero-order valence-electron chi connectivity index (χ0n) is 23.7. The Morgan fingerprint density at radius 3 is 2.37 bits per heavy atom. The molecule has 1 atom stereocenters. The lowest BCUT2D eigenvalue weighted by Crippen LogP contribution is -2.51. The minimum absolute atomic E-state index is 0.0375. The van der Waals surface area contributed by atoms with E-state index < -0.39 is 5.41 Å². The number of anilines is 2. The van der Waals surface area contributed by atoms with Crippen LogP contribution in [0.4, 0.5) is 11.4 Å². The molecule has 41 heavy (non-hydrogen) atoms. The largest absolute Gasteiger partial charge is 0.508 e. The van der Waals surface area contributed by atoms with Gasteiger partial charge in [-0.2, -0.15) is 0 Å². The molecule has 2 amide bonds. The summed E-state index contributed by atoms with van der Waals surface area (Å²) in [4.78, 5) is 41.1. The summed E-state index contributed by atoms with van der Waals surface area (Å²) in [6.07, 6.45) is 3.93. The molecular formula is C31H38N6O4. The van der Waals surface area contributed by atoms with Gasteiger partial charge in [-0.15, -0.1) is 0 Å². The number of carbonyl (C=O) groups is 2. The van der Waals surface area contributed by atoms with Crippen LogP contribution in [0.2, 0.25) is 0 Å². The van der Waals surface area contributed by atoms with Crippen LogP contribution in [0.5, 0.6) is 5.75 Å². The minimum atomic E-state index is -0.980. The first-order valence-corrected chi connectivity index (χ1v) is 14.2. The average Bonchev–Trinajstić information content (AvgIpc) is 3.43. The van der Waals surface area contributed by atoms with Gasteiger partial charge in [-0.1, -0.05) is 13.8 Å². The Labute approximate surface area is 240 Å². The van der Waals surface area contributed by atoms with E-state index in [1.165, 1.54) is 0 Å². The van der Waals surface area contributed by atoms with E-state index in [2.05, 4.69) is 32.3 Å². The Morgan fingerprint density at radius 2 is 1.71 bits per heavy atom. The zero-order chi connectivity index (χ0) is 29.0. The number of carbonyl (C=O) groups excluding carboxylic acids is 2. The predicted octanol–water partition coefficient (Wildman–Crippen LogP) is 2.94. The number of nitrogens with one attached hydrogen (secondary N) is 1. The molecule has 3 aromatic rings. The van der Waals surface area contributed by atoms with Gasteiger partial charge < -0.3 is 25.3 Å². The zero-order valence-corrected chi connectivity index (χ0v) is 23.7. The van der Waals surface area contributed by atoms with Crippen molar-refractivity contribution in [1.82, 2.24) is 19.8 Å². The molecule has 3 heterocycles. The summed E-state index contributed by atoms with van der Waals surface area (Å²) in [6.45, 7) is 7.46. The number of phenols is 1. The lowest BCUT2D eigenvalue weighted by Gasteiger charge is -2.37. The molecule has 0 aliphatic carbocycles. The maximum Gasteiger partial charge on any atom is 0.236 e. The number of hydrogen-bond donors (Lipinski definition) is 3. The summed E-state index contributed by atoms with van der Waals surface area (Å²) in [6, 6.07) is 15.0. The maximum absolute atomic E-state index is 13.3. The van der Waals surface area contributed by atoms with Gasteiger partial charge >= 0.3 is 0 Å². The summed E-state index contributed by atoms with van der Waals surface area (Å²) in [5.74, 6) is 0.755. The molecule has 3 N–H and O–H groups in total. The second-order valence-corrected chi connectivity index (χ2v) is 11.3. The van der Waals surface area contributed by atoms with E-state index in [-0.39, 0.29) is 36.6 Å². The highest BCUT2D eigenvalue weighted by atomic mass is 16.3. The highest BCUT2D eigenvalue weighted by Gasteiger charge is 2.45. The summed E-state index contributed by atoms with van der Waals surface area (Å²) in [5, 5.41) is 23.3. The molecular weight excluding hydrogens is 520 g/mol. The van der Waals surface area contributed by atoms with Gasteiger partial charge in [0.25, 0.3) is 0 Å². The normalized spacial score (nSPS) is 19.5. The van der Waals surface area contributed by atoms with Gasteiger partial charge in [-0.25, -0.2) is 9.97 Å². The van der Waals surface area contributed by atoms with Gasteiger partial charge in [0.15, 0.2) is 5.82 Å². The first-order chi connectivity index (χ1) is 19.8. The van der Waals surface area contributed by atoms with Crippen LogP contribution in [0.1, 0.15) is 31.7 Å². The van der Waals surface area contributed by atoms with Crippen molar-refractivity contribution >= 4 is 23.2 Å². The maximum atomic E-state index is 13.3. The highest BCUT2D eigenvalue weighted by molar-refractivity contribution is 5.96. The Balaban J connectivity index is 1.13. The standard InChI is InChI=1S/C31H38N6O4/c1-22(2)26-18-24(6-9-27(26)39)34-30(41)31(21-38)10-13-35(20-31)19-28(40)37-16-14-36(15-17-37)25-7-4-23(5-8-25)29-32-11-3-12-33-29/h3-9,11-12,18,22,38-39H,10,13-17,19-21H2,1-2H3,(H,34,41). The van der Waals surface area contributed by atoms with Crippen LogP contribution in [-0.2, 0) is 9.59 Å². The van der Waals surface area contributed by atoms with Crippen LogP contribution in [0, 0.1) is 5.41 Å². The monoisotopic (exact) mass is 558 g/mol. The third-order valence-corrected chi connectivity index (χ3v) is 8.17. The van der Waals surface area contributed by atoms with Crippen molar-refractivity contribution in [2.45, 2.75) is 26.2 Å². The van der Waals surface area contributed by atoms with Crippen LogP contribution in [0.15, 0.2) is 60.9 Å². The Hall–Kier alpha value is -4.02. The number of nitrogens with zero attached hydrogens (tertiary/aromatic N) is 5. The molecule has 0 radical (unpaired) electrons. The van der Waals surface area contributed by atoms with Crippen LogP contribution in [0.25, 0.3) is 11.4 Å². The van der Waals surface area contributed by atoms with Gasteiger partial charge in [0, 0.05) is 62.1 Å². The van der Waals surface area contributed by atoms with E-state index in [0.717, 1.165) is 29.9 Å². The number of benzene rings is 2. The number of likely N-dealkylation sites (tertiary alicyclic amines) is 1. The number of aliphatic hydroxyl groups is 1. The van der Waals surface area contributed by atoms with Gasteiger partial charge in [0.05, 0.1) is 18.6 Å². The Kier molecular flexibility index (Phi) is 8.51. The molecule has 5 rings (SSSR count). The second kappa shape index (κ2) is 12.2. The molecule has 2 aromatic carbocycles. The van der Waals surface area contributed by atoms with Gasteiger partial charge in [-0.3, -0.25) is 14.5 Å². The van der Waals surface area contributed by atoms with E-state index in [4.69, 9.17) is 0 Å². The quantitative estimate of drug-likeness (QED) is 0.361. The lowest BCUT2D eigenvalue weighted by molar-refractivity contribution is -0.133. The Morgan fingerprint density at radius 1 is 1.00 bits per heavy atom. The molecule has 10 heteroatoms. The van der Waals surface area contributed by atoms with Crippen molar-refractivity contribution in [3.8, 4) is 17.1 Å². The lowest BCUT2D eigenvalue weighted by atomic mass is 9.87. The van der Waals surface area contributed by atoms with Gasteiger partial charge in [-0.05, 0) is 73.0 Å². The van der Waals surface area contributed by atoms with E-state index in [1.54, 1.807) is 36.7 Å². The SMILES string of the molecule is CC(C)c1cc(NC(=O)C2(CO)CCN(CC(=O)N3CCN(c4ccc(-c5ncccn5)cc4)CC3)C2)ccc1O. The van der Waals surface area contributed by atoms with Gasteiger partial charge in [0.2, 0.25) is 11.8 Å². The van der Waals surface area contributed by atoms with E-state index in [0.29, 0.717) is 44.1 Å². The number of phenolic OH excluding ortho intramolecular Hbond substituents is 1. The van der Waals surface area contributed by atoms with E-state index >= 15 is 0 Å². The molecule has 0 bridgehead atoms. The van der Waals surface area contributed by atoms with Gasteiger partial charge in [0.1, 0.15) is 5.75 Å². The van der Waals surface area contributed by atoms with Crippen LogP contribution in [-0.4, -0.2) is 94.2 Å². The molecule has 2 saturated heterocycles. The summed E-state index contributed by atoms with van der Waals surface area (Å²) < 4.78 is 0. The number of amides is 2. The van der Waals surface area contributed by atoms with E-state index in [1.807, 2.05) is 35.8 Å². The molecule has 2 aliphatic heterocycles. The molecule has 0 saturated carbocycles. The number of rotatable bonds is 8. The Bertz CT molecular complexity index is 1360. The fourth-order valence-corrected chi connectivity index (χ4v) is 5.61. The number of aliphatic hydroxyl groups excluding tert-OH is 1. The third-order valence-electron chi connectivity index (χ3n) is 8.17. The number of aromatic hydroxyl groups is 1. The van der Waals surface area contributed by atoms with E-state index in [9.17, 15) is 19.8 Å².